The van der Waals surface area contributed by atoms with E-state index in [1.807, 2.05) is 24.5 Å². The maximum Gasteiger partial charge on any atom is 0.171 e. The second kappa shape index (κ2) is 4.71. The second-order valence-corrected chi connectivity index (χ2v) is 5.94. The van der Waals surface area contributed by atoms with Crippen LogP contribution in [0.1, 0.15) is 32.0 Å². The molecular formula is C17H16N4. The Labute approximate surface area is 123 Å². The zero-order valence-electron chi connectivity index (χ0n) is 12.3. The van der Waals surface area contributed by atoms with Crippen LogP contribution in [0.15, 0.2) is 36.8 Å². The maximum atomic E-state index is 5.51. The number of aromatic nitrogens is 4. The summed E-state index contributed by atoms with van der Waals surface area (Å²) in [7, 11) is 0. The molecule has 0 spiro atoms. The molecule has 0 fully saturated rings. The van der Waals surface area contributed by atoms with E-state index in [2.05, 4.69) is 47.8 Å². The fraction of sp³-hybridized carbons (Fsp3) is 0.235. The van der Waals surface area contributed by atoms with Gasteiger partial charge < -0.3 is 0 Å². The monoisotopic (exact) mass is 276 g/mol. The predicted molar refractivity (Wildman–Crippen MR) is 82.9 cm³/mol. The molecule has 1 aliphatic carbocycles. The molecule has 1 aliphatic heterocycles. The number of nitrogens with zero attached hydrogens (tertiary/aromatic N) is 4. The first-order valence-electron chi connectivity index (χ1n) is 6.77. The molecule has 104 valence electrons. The summed E-state index contributed by atoms with van der Waals surface area (Å²) in [6.07, 6.45) is 10.9. The maximum absolute atomic E-state index is 5.51. The summed E-state index contributed by atoms with van der Waals surface area (Å²) in [5, 5.41) is 4.47. The van der Waals surface area contributed by atoms with Crippen LogP contribution < -0.4 is 0 Å². The lowest BCUT2D eigenvalue weighted by Crippen LogP contribution is -2.13. The normalized spacial score (nSPS) is 11.5. The van der Waals surface area contributed by atoms with Gasteiger partial charge in [0, 0.05) is 29.6 Å². The molecule has 3 heterocycles. The van der Waals surface area contributed by atoms with Gasteiger partial charge in [-0.15, -0.1) is 6.42 Å². The summed E-state index contributed by atoms with van der Waals surface area (Å²) in [5.41, 5.74) is 4.90. The van der Waals surface area contributed by atoms with Gasteiger partial charge in [0.05, 0.1) is 17.0 Å². The van der Waals surface area contributed by atoms with Gasteiger partial charge in [-0.2, -0.15) is 5.10 Å². The van der Waals surface area contributed by atoms with E-state index < -0.39 is 0 Å². The summed E-state index contributed by atoms with van der Waals surface area (Å²) >= 11 is 0. The lowest BCUT2D eigenvalue weighted by Gasteiger charge is -2.15. The summed E-state index contributed by atoms with van der Waals surface area (Å²) in [5.74, 6) is 2.68. The molecule has 0 aromatic carbocycles. The van der Waals surface area contributed by atoms with E-state index in [1.54, 1.807) is 10.7 Å². The van der Waals surface area contributed by atoms with Crippen molar-refractivity contribution in [1.29, 1.82) is 0 Å². The van der Waals surface area contributed by atoms with Crippen molar-refractivity contribution in [2.45, 2.75) is 26.2 Å². The van der Waals surface area contributed by atoms with Crippen LogP contribution >= 0.6 is 0 Å². The Morgan fingerprint density at radius 3 is 2.48 bits per heavy atom. The van der Waals surface area contributed by atoms with Crippen molar-refractivity contribution < 1.29 is 0 Å². The Morgan fingerprint density at radius 1 is 1.19 bits per heavy atom. The molecule has 2 aliphatic rings. The summed E-state index contributed by atoms with van der Waals surface area (Å²) < 4.78 is 1.73. The fourth-order valence-electron chi connectivity index (χ4n) is 2.10. The SMILES string of the molecule is C#Cc1c(C(C)(C)C)nn2cccnc12.c1cc2cc-2n1. The van der Waals surface area contributed by atoms with Gasteiger partial charge in [0.15, 0.2) is 5.65 Å². The minimum Gasteiger partial charge on any atom is -0.256 e. The van der Waals surface area contributed by atoms with Crippen LogP contribution in [0.3, 0.4) is 0 Å². The minimum absolute atomic E-state index is 0.0601. The molecule has 0 atom stereocenters. The molecule has 4 heteroatoms. The number of pyridine rings is 1. The second-order valence-electron chi connectivity index (χ2n) is 5.94. The molecule has 0 saturated carbocycles. The summed E-state index contributed by atoms with van der Waals surface area (Å²) in [6.45, 7) is 6.28. The number of hydrogen-bond donors (Lipinski definition) is 0. The zero-order chi connectivity index (χ0) is 15.0. The third kappa shape index (κ3) is 2.50. The van der Waals surface area contributed by atoms with Gasteiger partial charge in [0.1, 0.15) is 0 Å². The van der Waals surface area contributed by atoms with E-state index in [0.717, 1.165) is 16.9 Å². The van der Waals surface area contributed by atoms with Crippen LogP contribution in [-0.4, -0.2) is 19.6 Å². The van der Waals surface area contributed by atoms with E-state index >= 15 is 0 Å². The van der Waals surface area contributed by atoms with Crippen molar-refractivity contribution in [3.63, 3.8) is 0 Å². The Morgan fingerprint density at radius 2 is 2.00 bits per heavy atom. The van der Waals surface area contributed by atoms with Gasteiger partial charge in [-0.25, -0.2) is 9.50 Å². The number of rotatable bonds is 0. The highest BCUT2D eigenvalue weighted by Gasteiger charge is 2.23. The van der Waals surface area contributed by atoms with Gasteiger partial charge in [-0.05, 0) is 18.2 Å². The molecule has 0 unspecified atom stereocenters. The summed E-state index contributed by atoms with van der Waals surface area (Å²) in [4.78, 5) is 8.20. The molecule has 0 amide bonds. The van der Waals surface area contributed by atoms with Crippen molar-refractivity contribution in [3.05, 3.63) is 48.0 Å². The Balaban J connectivity index is 0.000000180. The van der Waals surface area contributed by atoms with Gasteiger partial charge in [-0.3, -0.25) is 4.98 Å². The van der Waals surface area contributed by atoms with E-state index in [4.69, 9.17) is 6.42 Å². The average molecular weight is 276 g/mol. The average Bonchev–Trinajstić information content (AvgIpc) is 2.89. The highest BCUT2D eigenvalue weighted by molar-refractivity contribution is 5.75. The van der Waals surface area contributed by atoms with E-state index in [0.29, 0.717) is 0 Å². The third-order valence-corrected chi connectivity index (χ3v) is 3.22. The lowest BCUT2D eigenvalue weighted by molar-refractivity contribution is 0.561. The van der Waals surface area contributed by atoms with Crippen LogP contribution in [0.25, 0.3) is 16.9 Å². The van der Waals surface area contributed by atoms with Crippen LogP contribution in [0.5, 0.6) is 0 Å². The third-order valence-electron chi connectivity index (χ3n) is 3.22. The fourth-order valence-corrected chi connectivity index (χ4v) is 2.10. The van der Waals surface area contributed by atoms with E-state index in [1.165, 1.54) is 11.3 Å². The van der Waals surface area contributed by atoms with Crippen LogP contribution in [0.2, 0.25) is 0 Å². The van der Waals surface area contributed by atoms with Crippen LogP contribution in [0, 0.1) is 12.3 Å². The largest absolute Gasteiger partial charge is 0.256 e. The van der Waals surface area contributed by atoms with Crippen molar-refractivity contribution in [3.8, 4) is 23.6 Å². The van der Waals surface area contributed by atoms with Gasteiger partial charge >= 0.3 is 0 Å². The molecule has 4 rings (SSSR count). The van der Waals surface area contributed by atoms with E-state index in [-0.39, 0.29) is 5.41 Å². The van der Waals surface area contributed by atoms with Gasteiger partial charge in [-0.1, -0.05) is 26.7 Å². The lowest BCUT2D eigenvalue weighted by atomic mass is 9.89. The minimum atomic E-state index is -0.0601. The summed E-state index contributed by atoms with van der Waals surface area (Å²) in [6, 6.07) is 5.90. The molecule has 0 saturated heterocycles. The smallest absolute Gasteiger partial charge is 0.171 e. The first kappa shape index (κ1) is 13.3. The van der Waals surface area contributed by atoms with E-state index in [9.17, 15) is 0 Å². The van der Waals surface area contributed by atoms with Crippen LogP contribution in [-0.2, 0) is 5.41 Å². The predicted octanol–water partition coefficient (Wildman–Crippen LogP) is 3.07. The Hall–Kier alpha value is -2.67. The number of fused-ring (bicyclic) bond motifs is 2. The first-order valence-corrected chi connectivity index (χ1v) is 6.77. The van der Waals surface area contributed by atoms with Crippen molar-refractivity contribution in [2.75, 3.05) is 0 Å². The Kier molecular flexibility index (Phi) is 2.99. The topological polar surface area (TPSA) is 43.1 Å². The molecule has 4 nitrogen and oxygen atoms in total. The highest BCUT2D eigenvalue weighted by atomic mass is 15.3. The first-order chi connectivity index (χ1) is 10.0. The van der Waals surface area contributed by atoms with Crippen molar-refractivity contribution in [2.24, 2.45) is 0 Å². The molecule has 0 bridgehead atoms. The molecule has 0 N–H and O–H groups in total. The zero-order valence-corrected chi connectivity index (χ0v) is 12.3. The van der Waals surface area contributed by atoms with Crippen LogP contribution in [0.4, 0.5) is 0 Å². The molecule has 21 heavy (non-hydrogen) atoms. The standard InChI is InChI=1S/C12H13N3.C5H3N/c1-5-9-10(12(2,3)4)14-15-8-6-7-13-11(9)15;1-2-6-5-3-4(1)5/h1,6-8H,2-4H3;1-3H. The van der Waals surface area contributed by atoms with Gasteiger partial charge in [0.2, 0.25) is 0 Å². The molecule has 2 aromatic heterocycles. The van der Waals surface area contributed by atoms with Crippen molar-refractivity contribution >= 4 is 5.65 Å². The Bertz CT molecular complexity index is 830. The quantitative estimate of drug-likeness (QED) is 0.464. The van der Waals surface area contributed by atoms with Gasteiger partial charge in [0.25, 0.3) is 0 Å². The molecule has 2 aromatic rings. The number of terminal acetylenes is 1. The highest BCUT2D eigenvalue weighted by Crippen LogP contribution is 2.29. The molecular weight excluding hydrogens is 260 g/mol. The molecule has 0 radical (unpaired) electrons. The van der Waals surface area contributed by atoms with Crippen molar-refractivity contribution in [1.82, 2.24) is 19.6 Å². The number of hydrogen-bond acceptors (Lipinski definition) is 3.